The van der Waals surface area contributed by atoms with E-state index in [9.17, 15) is 4.79 Å². The quantitative estimate of drug-likeness (QED) is 0.791. The summed E-state index contributed by atoms with van der Waals surface area (Å²) in [5.74, 6) is 2.16. The van der Waals surface area contributed by atoms with Crippen LogP contribution in [0.15, 0.2) is 36.4 Å². The van der Waals surface area contributed by atoms with Crippen molar-refractivity contribution >= 4 is 11.7 Å². The Morgan fingerprint density at radius 3 is 2.19 bits per heavy atom. The molecular weight excluding hydrogens is 332 g/mol. The first-order valence-corrected chi connectivity index (χ1v) is 8.95. The number of anilines is 1. The summed E-state index contributed by atoms with van der Waals surface area (Å²) in [7, 11) is 0. The summed E-state index contributed by atoms with van der Waals surface area (Å²) in [6.07, 6.45) is 0. The number of hydrogen-bond acceptors (Lipinski definition) is 6. The maximum Gasteiger partial charge on any atom is 0.253 e. The molecular formula is C19H24N4O3. The summed E-state index contributed by atoms with van der Waals surface area (Å²) in [6.45, 7) is 7.80. The van der Waals surface area contributed by atoms with E-state index in [1.54, 1.807) is 0 Å². The molecule has 138 valence electrons. The third kappa shape index (κ3) is 4.22. The van der Waals surface area contributed by atoms with Crippen LogP contribution in [0.1, 0.15) is 24.2 Å². The third-order valence-electron chi connectivity index (χ3n) is 4.22. The lowest BCUT2D eigenvalue weighted by molar-refractivity contribution is 0.0746. The minimum absolute atomic E-state index is 0.0467. The minimum Gasteiger partial charge on any atom is -0.494 e. The number of carbonyl (C=O) groups is 1. The lowest BCUT2D eigenvalue weighted by atomic mass is 10.1. The van der Waals surface area contributed by atoms with Gasteiger partial charge in [-0.2, -0.15) is 0 Å². The van der Waals surface area contributed by atoms with Crippen LogP contribution in [0, 0.1) is 0 Å². The van der Waals surface area contributed by atoms with Crippen molar-refractivity contribution in [2.75, 3.05) is 44.3 Å². The molecule has 0 unspecified atom stereocenters. The van der Waals surface area contributed by atoms with Crippen LogP contribution in [-0.4, -0.2) is 60.4 Å². The van der Waals surface area contributed by atoms with Crippen LogP contribution in [0.2, 0.25) is 0 Å². The average Bonchev–Trinajstić information content (AvgIpc) is 2.69. The number of ether oxygens (including phenoxy) is 2. The Labute approximate surface area is 153 Å². The van der Waals surface area contributed by atoms with Crippen LogP contribution in [-0.2, 0) is 0 Å². The summed E-state index contributed by atoms with van der Waals surface area (Å²) >= 11 is 0. The molecule has 0 N–H and O–H groups in total. The number of hydrogen-bond donors (Lipinski definition) is 0. The molecule has 1 amide bonds. The monoisotopic (exact) mass is 356 g/mol. The molecule has 2 aromatic rings. The maximum atomic E-state index is 12.7. The molecule has 1 fully saturated rings. The van der Waals surface area contributed by atoms with Crippen molar-refractivity contribution < 1.29 is 14.3 Å². The van der Waals surface area contributed by atoms with Gasteiger partial charge in [-0.1, -0.05) is 0 Å². The van der Waals surface area contributed by atoms with Gasteiger partial charge in [0.25, 0.3) is 5.91 Å². The van der Waals surface area contributed by atoms with E-state index in [-0.39, 0.29) is 5.91 Å². The number of amides is 1. The molecule has 0 radical (unpaired) electrons. The molecule has 0 saturated carbocycles. The highest BCUT2D eigenvalue weighted by molar-refractivity contribution is 5.94. The van der Waals surface area contributed by atoms with Gasteiger partial charge in [-0.05, 0) is 44.2 Å². The number of carbonyl (C=O) groups excluding carboxylic acids is 1. The fraction of sp³-hybridized carbons (Fsp3) is 0.421. The van der Waals surface area contributed by atoms with E-state index in [2.05, 4.69) is 15.1 Å². The second-order valence-electron chi connectivity index (χ2n) is 5.90. The van der Waals surface area contributed by atoms with E-state index in [0.29, 0.717) is 37.7 Å². The number of nitrogens with zero attached hydrogens (tertiary/aromatic N) is 4. The van der Waals surface area contributed by atoms with Gasteiger partial charge < -0.3 is 19.3 Å². The highest BCUT2D eigenvalue weighted by Crippen LogP contribution is 2.18. The Bertz CT molecular complexity index is 711. The fourth-order valence-corrected chi connectivity index (χ4v) is 2.89. The first kappa shape index (κ1) is 18.0. The molecule has 7 heteroatoms. The molecule has 0 atom stereocenters. The van der Waals surface area contributed by atoms with E-state index in [1.165, 1.54) is 0 Å². The number of aromatic nitrogens is 2. The van der Waals surface area contributed by atoms with Crippen molar-refractivity contribution in [2.45, 2.75) is 13.8 Å². The first-order chi connectivity index (χ1) is 12.7. The zero-order valence-electron chi connectivity index (χ0n) is 15.2. The van der Waals surface area contributed by atoms with E-state index in [0.717, 1.165) is 24.7 Å². The molecule has 3 rings (SSSR count). The van der Waals surface area contributed by atoms with Gasteiger partial charge in [-0.3, -0.25) is 4.79 Å². The normalized spacial score (nSPS) is 14.2. The van der Waals surface area contributed by atoms with Crippen molar-refractivity contribution in [1.29, 1.82) is 0 Å². The first-order valence-electron chi connectivity index (χ1n) is 8.95. The minimum atomic E-state index is 0.0467. The largest absolute Gasteiger partial charge is 0.494 e. The predicted molar refractivity (Wildman–Crippen MR) is 98.9 cm³/mol. The zero-order chi connectivity index (χ0) is 18.4. The smallest absolute Gasteiger partial charge is 0.253 e. The van der Waals surface area contributed by atoms with Crippen molar-refractivity contribution in [2.24, 2.45) is 0 Å². The molecule has 1 saturated heterocycles. The highest BCUT2D eigenvalue weighted by Gasteiger charge is 2.23. The topological polar surface area (TPSA) is 67.8 Å². The lowest BCUT2D eigenvalue weighted by Gasteiger charge is -2.35. The highest BCUT2D eigenvalue weighted by atomic mass is 16.5. The van der Waals surface area contributed by atoms with Crippen LogP contribution < -0.4 is 14.4 Å². The Balaban J connectivity index is 1.56. The van der Waals surface area contributed by atoms with Gasteiger partial charge in [0.05, 0.1) is 13.2 Å². The van der Waals surface area contributed by atoms with E-state index in [4.69, 9.17) is 9.47 Å². The molecule has 1 aromatic heterocycles. The van der Waals surface area contributed by atoms with Gasteiger partial charge in [0.2, 0.25) is 5.88 Å². The third-order valence-corrected chi connectivity index (χ3v) is 4.22. The summed E-state index contributed by atoms with van der Waals surface area (Å²) < 4.78 is 10.7. The van der Waals surface area contributed by atoms with Gasteiger partial charge in [0, 0.05) is 37.8 Å². The van der Waals surface area contributed by atoms with Crippen molar-refractivity contribution in [1.82, 2.24) is 15.1 Å². The molecule has 7 nitrogen and oxygen atoms in total. The molecule has 0 bridgehead atoms. The molecule has 0 aliphatic carbocycles. The average molecular weight is 356 g/mol. The molecule has 1 aromatic carbocycles. The van der Waals surface area contributed by atoms with Crippen molar-refractivity contribution in [3.05, 3.63) is 42.0 Å². The van der Waals surface area contributed by atoms with Crippen molar-refractivity contribution in [3.63, 3.8) is 0 Å². The van der Waals surface area contributed by atoms with E-state index >= 15 is 0 Å². The summed E-state index contributed by atoms with van der Waals surface area (Å²) in [5.41, 5.74) is 0.683. The van der Waals surface area contributed by atoms with E-state index < -0.39 is 0 Å². The van der Waals surface area contributed by atoms with Crippen LogP contribution in [0.25, 0.3) is 0 Å². The Hall–Kier alpha value is -2.83. The van der Waals surface area contributed by atoms with Crippen LogP contribution in [0.5, 0.6) is 11.6 Å². The molecule has 1 aliphatic heterocycles. The standard InChI is InChI=1S/C19H24N4O3/c1-3-25-16-7-5-15(6-8-16)19(24)23-13-11-22(12-14-23)17-9-10-18(21-20-17)26-4-2/h5-10H,3-4,11-14H2,1-2H3. The predicted octanol–water partition coefficient (Wildman–Crippen LogP) is 2.24. The Morgan fingerprint density at radius 1 is 0.923 bits per heavy atom. The number of piperazine rings is 1. The Morgan fingerprint density at radius 2 is 1.62 bits per heavy atom. The van der Waals surface area contributed by atoms with Crippen molar-refractivity contribution in [3.8, 4) is 11.6 Å². The number of benzene rings is 1. The van der Waals surface area contributed by atoms with E-state index in [1.807, 2.05) is 55.1 Å². The fourth-order valence-electron chi connectivity index (χ4n) is 2.89. The van der Waals surface area contributed by atoms with Gasteiger partial charge in [-0.15, -0.1) is 10.2 Å². The zero-order valence-corrected chi connectivity index (χ0v) is 15.2. The summed E-state index contributed by atoms with van der Waals surface area (Å²) in [5, 5.41) is 8.27. The second-order valence-corrected chi connectivity index (χ2v) is 5.90. The molecule has 0 spiro atoms. The van der Waals surface area contributed by atoms with Gasteiger partial charge in [0.1, 0.15) is 5.75 Å². The summed E-state index contributed by atoms with van der Waals surface area (Å²) in [4.78, 5) is 16.6. The van der Waals surface area contributed by atoms with Crippen LogP contribution >= 0.6 is 0 Å². The number of rotatable bonds is 6. The van der Waals surface area contributed by atoms with Gasteiger partial charge >= 0.3 is 0 Å². The SMILES string of the molecule is CCOc1ccc(C(=O)N2CCN(c3ccc(OCC)nn3)CC2)cc1. The second kappa shape index (κ2) is 8.51. The lowest BCUT2D eigenvalue weighted by Crippen LogP contribution is -2.49. The van der Waals surface area contributed by atoms with Gasteiger partial charge in [-0.25, -0.2) is 0 Å². The summed E-state index contributed by atoms with van der Waals surface area (Å²) in [6, 6.07) is 11.0. The van der Waals surface area contributed by atoms with Crippen LogP contribution in [0.3, 0.4) is 0 Å². The molecule has 1 aliphatic rings. The van der Waals surface area contributed by atoms with Gasteiger partial charge in [0.15, 0.2) is 5.82 Å². The molecule has 2 heterocycles. The Kier molecular flexibility index (Phi) is 5.88. The van der Waals surface area contributed by atoms with Crippen LogP contribution in [0.4, 0.5) is 5.82 Å². The maximum absolute atomic E-state index is 12.7. The molecule has 26 heavy (non-hydrogen) atoms.